The van der Waals surface area contributed by atoms with Crippen LogP contribution in [0.1, 0.15) is 6.92 Å². The van der Waals surface area contributed by atoms with E-state index in [0.29, 0.717) is 17.4 Å². The summed E-state index contributed by atoms with van der Waals surface area (Å²) in [5.74, 6) is 1.82. The van der Waals surface area contributed by atoms with Gasteiger partial charge in [0.05, 0.1) is 23.1 Å². The molecule has 18 heavy (non-hydrogen) atoms. The largest absolute Gasteiger partial charge is 0.461 e. The van der Waals surface area contributed by atoms with E-state index in [1.807, 2.05) is 30.3 Å². The summed E-state index contributed by atoms with van der Waals surface area (Å²) in [5, 5.41) is 10.4. The SMILES string of the molecule is CC(=N)Nc1ccc2nc(-c3ccco3)[nH]c2c1. The van der Waals surface area contributed by atoms with E-state index in [0.717, 1.165) is 16.7 Å². The number of aromatic nitrogens is 2. The molecule has 3 N–H and O–H groups in total. The molecule has 5 heteroatoms. The van der Waals surface area contributed by atoms with Gasteiger partial charge in [0.25, 0.3) is 0 Å². The van der Waals surface area contributed by atoms with Gasteiger partial charge in [0.15, 0.2) is 11.6 Å². The second-order valence-corrected chi connectivity index (χ2v) is 4.04. The Kier molecular flexibility index (Phi) is 2.37. The van der Waals surface area contributed by atoms with Gasteiger partial charge in [-0.3, -0.25) is 5.41 Å². The van der Waals surface area contributed by atoms with Gasteiger partial charge >= 0.3 is 0 Å². The van der Waals surface area contributed by atoms with Gasteiger partial charge in [-0.1, -0.05) is 0 Å². The van der Waals surface area contributed by atoms with Crippen molar-refractivity contribution in [3.63, 3.8) is 0 Å². The first-order chi connectivity index (χ1) is 8.72. The van der Waals surface area contributed by atoms with Crippen molar-refractivity contribution in [2.45, 2.75) is 6.92 Å². The number of hydrogen-bond donors (Lipinski definition) is 3. The Bertz CT molecular complexity index is 697. The molecule has 0 atom stereocenters. The van der Waals surface area contributed by atoms with E-state index < -0.39 is 0 Å². The first-order valence-corrected chi connectivity index (χ1v) is 5.58. The molecule has 5 nitrogen and oxygen atoms in total. The van der Waals surface area contributed by atoms with Crippen LogP contribution in [0.15, 0.2) is 41.0 Å². The number of benzene rings is 1. The van der Waals surface area contributed by atoms with Crippen molar-refractivity contribution in [2.75, 3.05) is 5.32 Å². The van der Waals surface area contributed by atoms with Crippen molar-refractivity contribution in [3.05, 3.63) is 36.6 Å². The van der Waals surface area contributed by atoms with Gasteiger partial charge in [0.2, 0.25) is 0 Å². The third-order valence-electron chi connectivity index (χ3n) is 2.57. The average Bonchev–Trinajstić information content (AvgIpc) is 2.95. The van der Waals surface area contributed by atoms with Crippen LogP contribution in [0, 0.1) is 5.41 Å². The van der Waals surface area contributed by atoms with Crippen LogP contribution in [-0.2, 0) is 0 Å². The van der Waals surface area contributed by atoms with Crippen molar-refractivity contribution in [3.8, 4) is 11.6 Å². The summed E-state index contributed by atoms with van der Waals surface area (Å²) in [5.41, 5.74) is 2.65. The molecule has 0 unspecified atom stereocenters. The van der Waals surface area contributed by atoms with Crippen LogP contribution >= 0.6 is 0 Å². The number of nitrogens with one attached hydrogen (secondary N) is 3. The van der Waals surface area contributed by atoms with Crippen molar-refractivity contribution in [1.82, 2.24) is 9.97 Å². The van der Waals surface area contributed by atoms with Crippen molar-refractivity contribution in [2.24, 2.45) is 0 Å². The van der Waals surface area contributed by atoms with E-state index >= 15 is 0 Å². The van der Waals surface area contributed by atoms with Crippen LogP contribution in [0.5, 0.6) is 0 Å². The van der Waals surface area contributed by atoms with E-state index in [4.69, 9.17) is 9.83 Å². The molecule has 0 fully saturated rings. The minimum atomic E-state index is 0.403. The highest BCUT2D eigenvalue weighted by atomic mass is 16.3. The fraction of sp³-hybridized carbons (Fsp3) is 0.0769. The zero-order valence-electron chi connectivity index (χ0n) is 9.82. The molecule has 3 rings (SSSR count). The second-order valence-electron chi connectivity index (χ2n) is 4.04. The van der Waals surface area contributed by atoms with Crippen molar-refractivity contribution >= 4 is 22.6 Å². The van der Waals surface area contributed by atoms with Gasteiger partial charge in [0.1, 0.15) is 0 Å². The van der Waals surface area contributed by atoms with E-state index in [1.54, 1.807) is 13.2 Å². The minimum Gasteiger partial charge on any atom is -0.461 e. The Balaban J connectivity index is 2.04. The van der Waals surface area contributed by atoms with Crippen LogP contribution < -0.4 is 5.32 Å². The number of H-pyrrole nitrogens is 1. The molecule has 3 aromatic rings. The molecule has 0 amide bonds. The Labute approximate surface area is 103 Å². The molecule has 0 saturated carbocycles. The number of amidine groups is 1. The monoisotopic (exact) mass is 240 g/mol. The zero-order valence-corrected chi connectivity index (χ0v) is 9.82. The lowest BCUT2D eigenvalue weighted by atomic mass is 10.3. The molecule has 2 heterocycles. The van der Waals surface area contributed by atoms with Crippen LogP contribution in [-0.4, -0.2) is 15.8 Å². The van der Waals surface area contributed by atoms with Crippen molar-refractivity contribution in [1.29, 1.82) is 5.41 Å². The topological polar surface area (TPSA) is 77.7 Å². The van der Waals surface area contributed by atoms with Gasteiger partial charge < -0.3 is 14.7 Å². The van der Waals surface area contributed by atoms with Crippen LogP contribution in [0.25, 0.3) is 22.6 Å². The number of anilines is 1. The summed E-state index contributed by atoms with van der Waals surface area (Å²) in [6.45, 7) is 1.70. The molecule has 0 saturated heterocycles. The number of nitrogens with zero attached hydrogens (tertiary/aromatic N) is 1. The number of fused-ring (bicyclic) bond motifs is 1. The molecule has 90 valence electrons. The predicted molar refractivity (Wildman–Crippen MR) is 70.8 cm³/mol. The molecule has 0 aliphatic heterocycles. The lowest BCUT2D eigenvalue weighted by Crippen LogP contribution is -2.04. The first kappa shape index (κ1) is 10.6. The Morgan fingerprint density at radius 1 is 1.39 bits per heavy atom. The summed E-state index contributed by atoms with van der Waals surface area (Å²) in [6.07, 6.45) is 1.62. The molecule has 0 aliphatic rings. The van der Waals surface area contributed by atoms with E-state index in [-0.39, 0.29) is 0 Å². The summed E-state index contributed by atoms with van der Waals surface area (Å²) in [4.78, 5) is 7.64. The van der Waals surface area contributed by atoms with E-state index in [1.165, 1.54) is 0 Å². The predicted octanol–water partition coefficient (Wildman–Crippen LogP) is 3.23. The molecule has 1 aromatic carbocycles. The summed E-state index contributed by atoms with van der Waals surface area (Å²) in [6, 6.07) is 9.41. The van der Waals surface area contributed by atoms with Crippen molar-refractivity contribution < 1.29 is 4.42 Å². The fourth-order valence-corrected chi connectivity index (χ4v) is 1.83. The number of rotatable bonds is 2. The van der Waals surface area contributed by atoms with Gasteiger partial charge in [-0.25, -0.2) is 4.98 Å². The zero-order chi connectivity index (χ0) is 12.5. The first-order valence-electron chi connectivity index (χ1n) is 5.58. The van der Waals surface area contributed by atoms with Gasteiger partial charge in [-0.05, 0) is 37.3 Å². The third kappa shape index (κ3) is 1.86. The summed E-state index contributed by atoms with van der Waals surface area (Å²) in [7, 11) is 0. The van der Waals surface area contributed by atoms with Gasteiger partial charge in [-0.15, -0.1) is 0 Å². The van der Waals surface area contributed by atoms with Gasteiger partial charge in [-0.2, -0.15) is 0 Å². The highest BCUT2D eigenvalue weighted by molar-refractivity contribution is 5.93. The van der Waals surface area contributed by atoms with Gasteiger partial charge in [0, 0.05) is 5.69 Å². The minimum absolute atomic E-state index is 0.403. The standard InChI is InChI=1S/C13H12N4O/c1-8(14)15-9-4-5-10-11(7-9)17-13(16-10)12-3-2-6-18-12/h2-7H,1H3,(H2,14,15)(H,16,17). The van der Waals surface area contributed by atoms with Crippen LogP contribution in [0.2, 0.25) is 0 Å². The molecule has 0 radical (unpaired) electrons. The third-order valence-corrected chi connectivity index (χ3v) is 2.57. The molecular weight excluding hydrogens is 228 g/mol. The Morgan fingerprint density at radius 3 is 3.00 bits per heavy atom. The highest BCUT2D eigenvalue weighted by Crippen LogP contribution is 2.23. The highest BCUT2D eigenvalue weighted by Gasteiger charge is 2.07. The average molecular weight is 240 g/mol. The quantitative estimate of drug-likeness (QED) is 0.475. The molecular formula is C13H12N4O. The number of imidazole rings is 1. The number of aromatic amines is 1. The maximum atomic E-state index is 7.41. The molecule has 0 spiro atoms. The van der Waals surface area contributed by atoms with Crippen LogP contribution in [0.3, 0.4) is 0 Å². The fourth-order valence-electron chi connectivity index (χ4n) is 1.83. The van der Waals surface area contributed by atoms with E-state index in [9.17, 15) is 0 Å². The summed E-state index contributed by atoms with van der Waals surface area (Å²) < 4.78 is 5.30. The Hall–Kier alpha value is -2.56. The Morgan fingerprint density at radius 2 is 2.28 bits per heavy atom. The summed E-state index contributed by atoms with van der Waals surface area (Å²) >= 11 is 0. The molecule has 0 bridgehead atoms. The maximum Gasteiger partial charge on any atom is 0.174 e. The smallest absolute Gasteiger partial charge is 0.174 e. The normalized spacial score (nSPS) is 10.7. The van der Waals surface area contributed by atoms with Crippen LogP contribution in [0.4, 0.5) is 5.69 Å². The lowest BCUT2D eigenvalue weighted by molar-refractivity contribution is 0.578. The lowest BCUT2D eigenvalue weighted by Gasteiger charge is -2.02. The maximum absolute atomic E-state index is 7.41. The molecule has 0 aliphatic carbocycles. The second kappa shape index (κ2) is 4.03. The number of hydrogen-bond acceptors (Lipinski definition) is 3. The number of furan rings is 1. The molecule has 2 aromatic heterocycles. The van der Waals surface area contributed by atoms with E-state index in [2.05, 4.69) is 15.3 Å².